The molecule has 13 nitrogen and oxygen atoms in total. The summed E-state index contributed by atoms with van der Waals surface area (Å²) in [5.41, 5.74) is 6.88. The van der Waals surface area contributed by atoms with Gasteiger partial charge in [-0.1, -0.05) is 42.5 Å². The van der Waals surface area contributed by atoms with Gasteiger partial charge in [-0.2, -0.15) is 0 Å². The topological polar surface area (TPSA) is 154 Å². The fraction of sp³-hybridized carbons (Fsp3) is 0.312. The Labute approximate surface area is 382 Å². The Bertz CT molecular complexity index is 2730. The largest absolute Gasteiger partial charge is 0.495 e. The Morgan fingerprint density at radius 2 is 1.30 bits per heavy atom. The van der Waals surface area contributed by atoms with Gasteiger partial charge in [0.05, 0.1) is 36.2 Å². The first-order valence-corrected chi connectivity index (χ1v) is 25.0. The minimum atomic E-state index is -3.76. The quantitative estimate of drug-likeness (QED) is 0.0935. The second kappa shape index (κ2) is 20.0. The maximum absolute atomic E-state index is 13.1. The minimum Gasteiger partial charge on any atom is -0.495 e. The van der Waals surface area contributed by atoms with Crippen molar-refractivity contribution in [2.45, 2.75) is 67.9 Å². The zero-order valence-corrected chi connectivity index (χ0v) is 39.7. The highest BCUT2D eigenvalue weighted by Crippen LogP contribution is 2.36. The van der Waals surface area contributed by atoms with Gasteiger partial charge in [0.25, 0.3) is 20.0 Å². The molecular weight excluding hydrogens is 867 g/mol. The van der Waals surface area contributed by atoms with Crippen molar-refractivity contribution in [3.8, 4) is 33.1 Å². The summed E-state index contributed by atoms with van der Waals surface area (Å²) < 4.78 is 69.1. The molecule has 64 heavy (non-hydrogen) atoms. The molecule has 4 heterocycles. The summed E-state index contributed by atoms with van der Waals surface area (Å²) in [7, 11) is -4.33. The molecule has 0 unspecified atom stereocenters. The van der Waals surface area contributed by atoms with Crippen molar-refractivity contribution in [1.82, 2.24) is 15.6 Å². The van der Waals surface area contributed by atoms with Gasteiger partial charge in [-0.25, -0.2) is 16.8 Å². The van der Waals surface area contributed by atoms with E-state index in [1.807, 2.05) is 79.7 Å². The van der Waals surface area contributed by atoms with Crippen LogP contribution in [0, 0.1) is 6.92 Å². The van der Waals surface area contributed by atoms with E-state index in [4.69, 9.17) is 9.47 Å². The van der Waals surface area contributed by atoms with Crippen LogP contribution in [-0.2, 0) is 20.0 Å². The second-order valence-corrected chi connectivity index (χ2v) is 21.1. The number of ether oxygens (including phenoxy) is 2. The van der Waals surface area contributed by atoms with Gasteiger partial charge in [0, 0.05) is 78.9 Å². The van der Waals surface area contributed by atoms with Crippen molar-refractivity contribution in [3.05, 3.63) is 127 Å². The van der Waals surface area contributed by atoms with Crippen molar-refractivity contribution >= 4 is 54.1 Å². The summed E-state index contributed by atoms with van der Waals surface area (Å²) in [6.45, 7) is 13.9. The zero-order chi connectivity index (χ0) is 45.6. The summed E-state index contributed by atoms with van der Waals surface area (Å²) in [4.78, 5) is 9.67. The van der Waals surface area contributed by atoms with E-state index in [0.29, 0.717) is 41.3 Å². The summed E-state index contributed by atoms with van der Waals surface area (Å²) in [6, 6.07) is 34.6. The lowest BCUT2D eigenvalue weighted by atomic mass is 10.0. The number of thiophene rings is 1. The first-order chi connectivity index (χ1) is 30.6. The number of hydrogen-bond donors (Lipinski definition) is 4. The van der Waals surface area contributed by atoms with E-state index < -0.39 is 20.0 Å². The first kappa shape index (κ1) is 46.3. The average Bonchev–Trinajstić information content (AvgIpc) is 3.78. The number of hydrogen-bond acceptors (Lipinski definition) is 12. The van der Waals surface area contributed by atoms with E-state index in [-0.39, 0.29) is 9.10 Å². The van der Waals surface area contributed by atoms with Crippen molar-refractivity contribution < 1.29 is 26.3 Å². The number of nitrogens with zero attached hydrogens (tertiary/aromatic N) is 3. The molecule has 2 saturated heterocycles. The molecule has 0 aliphatic carbocycles. The smallest absolute Gasteiger partial charge is 0.271 e. The fourth-order valence-corrected chi connectivity index (χ4v) is 11.7. The van der Waals surface area contributed by atoms with Crippen molar-refractivity contribution in [3.63, 3.8) is 0 Å². The average molecular weight is 924 g/mol. The van der Waals surface area contributed by atoms with Gasteiger partial charge >= 0.3 is 0 Å². The Hall–Kier alpha value is -5.65. The molecule has 0 amide bonds. The van der Waals surface area contributed by atoms with Gasteiger partial charge in [-0.15, -0.1) is 11.3 Å². The second-order valence-electron chi connectivity index (χ2n) is 16.4. The number of nitrogens with one attached hydrogen (secondary N) is 4. The maximum atomic E-state index is 13.1. The highest BCUT2D eigenvalue weighted by molar-refractivity contribution is 7.94. The number of sulfonamides is 2. The highest BCUT2D eigenvalue weighted by atomic mass is 32.2. The number of rotatable bonds is 12. The van der Waals surface area contributed by atoms with E-state index in [1.54, 1.807) is 55.9 Å². The lowest BCUT2D eigenvalue weighted by Crippen LogP contribution is -2.54. The SMILES string of the molecule is COc1ccc(N2C[C@@H](C)N[C@@H](C)C2)cc1NS(=O)(=O)c1ccc(-c2cccnc2)s1.COc1ccc(NS(=O)(=O)c2ccc(-c3ccccc3C)cc2)cc1N1C[C@@H](C)N[C@@H](C)C1. The first-order valence-electron chi connectivity index (χ1n) is 21.2. The third-order valence-electron chi connectivity index (χ3n) is 11.1. The molecular formula is C48H57N7O6S3. The molecule has 6 aromatic rings. The van der Waals surface area contributed by atoms with Crippen LogP contribution in [0.2, 0.25) is 0 Å². The minimum absolute atomic E-state index is 0.224. The predicted octanol–water partition coefficient (Wildman–Crippen LogP) is 8.46. The summed E-state index contributed by atoms with van der Waals surface area (Å²) in [6.07, 6.45) is 3.41. The number of piperazine rings is 2. The maximum Gasteiger partial charge on any atom is 0.271 e. The van der Waals surface area contributed by atoms with Crippen molar-refractivity contribution in [2.75, 3.05) is 59.6 Å². The van der Waals surface area contributed by atoms with Crippen LogP contribution >= 0.6 is 11.3 Å². The number of aromatic nitrogens is 1. The molecule has 338 valence electrons. The summed E-state index contributed by atoms with van der Waals surface area (Å²) in [5, 5.41) is 7.03. The van der Waals surface area contributed by atoms with Crippen LogP contribution < -0.4 is 39.4 Å². The lowest BCUT2D eigenvalue weighted by molar-refractivity contribution is 0.391. The molecule has 0 bridgehead atoms. The van der Waals surface area contributed by atoms with Gasteiger partial charge in [0.15, 0.2) is 0 Å². The molecule has 2 aromatic heterocycles. The van der Waals surface area contributed by atoms with Crippen LogP contribution in [-0.4, -0.2) is 86.4 Å². The van der Waals surface area contributed by atoms with Crippen molar-refractivity contribution in [1.29, 1.82) is 0 Å². The van der Waals surface area contributed by atoms with E-state index >= 15 is 0 Å². The van der Waals surface area contributed by atoms with Gasteiger partial charge in [-0.05, 0) is 118 Å². The lowest BCUT2D eigenvalue weighted by Gasteiger charge is -2.38. The van der Waals surface area contributed by atoms with Gasteiger partial charge in [-0.3, -0.25) is 14.4 Å². The molecule has 2 aliphatic rings. The van der Waals surface area contributed by atoms with Gasteiger partial charge in [0.1, 0.15) is 15.7 Å². The number of benzene rings is 4. The van der Waals surface area contributed by atoms with Crippen LogP contribution in [0.5, 0.6) is 11.5 Å². The molecule has 16 heteroatoms. The number of anilines is 4. The van der Waals surface area contributed by atoms with Crippen molar-refractivity contribution in [2.24, 2.45) is 0 Å². The Balaban J connectivity index is 0.000000192. The summed E-state index contributed by atoms with van der Waals surface area (Å²) in [5.74, 6) is 1.20. The number of methoxy groups -OCH3 is 2. The van der Waals surface area contributed by atoms with E-state index in [1.165, 1.54) is 18.4 Å². The predicted molar refractivity (Wildman–Crippen MR) is 260 cm³/mol. The van der Waals surface area contributed by atoms with Crippen LogP contribution in [0.15, 0.2) is 131 Å². The molecule has 0 saturated carbocycles. The zero-order valence-electron chi connectivity index (χ0n) is 37.2. The number of aryl methyl sites for hydroxylation is 1. The molecule has 8 rings (SSSR count). The Morgan fingerprint density at radius 1 is 0.656 bits per heavy atom. The normalized spacial score (nSPS) is 19.0. The monoisotopic (exact) mass is 923 g/mol. The standard InChI is InChI=1S/C26H31N3O3S.C22H26N4O3S2/c1-18-7-5-6-8-24(18)21-9-12-23(13-10-21)33(30,31)28-22-11-14-26(32-4)25(15-22)29-16-19(2)27-20(3)17-29;1-15-13-26(14-16(2)24-15)18-6-7-20(29-3)19(11-18)25-31(27,28)22-9-8-21(30-22)17-5-4-10-23-12-17/h5-15,19-20,27-28H,16-17H2,1-4H3;4-12,15-16,24-25H,13-14H2,1-3H3/t19-,20+;15-,16+. The molecule has 4 atom stereocenters. The van der Waals surface area contributed by atoms with E-state index in [9.17, 15) is 16.8 Å². The molecule has 2 aliphatic heterocycles. The van der Waals surface area contributed by atoms with Crippen LogP contribution in [0.3, 0.4) is 0 Å². The van der Waals surface area contributed by atoms with Crippen LogP contribution in [0.25, 0.3) is 21.6 Å². The van der Waals surface area contributed by atoms with E-state index in [2.05, 4.69) is 62.6 Å². The third kappa shape index (κ3) is 11.2. The molecule has 2 fully saturated rings. The highest BCUT2D eigenvalue weighted by Gasteiger charge is 2.26. The van der Waals surface area contributed by atoms with Crippen LogP contribution in [0.4, 0.5) is 22.7 Å². The van der Waals surface area contributed by atoms with Gasteiger partial charge < -0.3 is 29.9 Å². The third-order valence-corrected chi connectivity index (χ3v) is 15.5. The fourth-order valence-electron chi connectivity index (χ4n) is 8.28. The molecule has 4 aromatic carbocycles. The molecule has 0 spiro atoms. The van der Waals surface area contributed by atoms with E-state index in [0.717, 1.165) is 70.4 Å². The van der Waals surface area contributed by atoms with Gasteiger partial charge in [0.2, 0.25) is 0 Å². The molecule has 4 N–H and O–H groups in total. The summed E-state index contributed by atoms with van der Waals surface area (Å²) >= 11 is 1.21. The Morgan fingerprint density at radius 3 is 1.92 bits per heavy atom. The van der Waals surface area contributed by atoms with Crippen LogP contribution in [0.1, 0.15) is 33.3 Å². The number of pyridine rings is 1. The Kier molecular flexibility index (Phi) is 14.5. The molecule has 0 radical (unpaired) electrons.